The number of aromatic nitrogens is 1. The molecule has 232 valence electrons. The number of nitrogens with zero attached hydrogens (tertiary/aromatic N) is 2. The van der Waals surface area contributed by atoms with Crippen molar-refractivity contribution in [2.75, 3.05) is 38.7 Å². The van der Waals surface area contributed by atoms with E-state index in [1.54, 1.807) is 49.4 Å². The molecule has 43 heavy (non-hydrogen) atoms. The monoisotopic (exact) mass is 596 g/mol. The molecule has 1 aromatic heterocycles. The van der Waals surface area contributed by atoms with Crippen LogP contribution in [0.5, 0.6) is 23.0 Å². The summed E-state index contributed by atoms with van der Waals surface area (Å²) in [6.45, 7) is 7.42. The van der Waals surface area contributed by atoms with Crippen molar-refractivity contribution in [3.8, 4) is 23.0 Å². The molecular formula is C31H40N4O8. The van der Waals surface area contributed by atoms with E-state index in [9.17, 15) is 14.4 Å². The third-order valence-electron chi connectivity index (χ3n) is 6.96. The lowest BCUT2D eigenvalue weighted by Gasteiger charge is -2.36. The molecular weight excluding hydrogens is 556 g/mol. The van der Waals surface area contributed by atoms with E-state index in [0.717, 1.165) is 0 Å². The van der Waals surface area contributed by atoms with Crippen LogP contribution in [0.25, 0.3) is 0 Å². The number of anilines is 2. The van der Waals surface area contributed by atoms with E-state index in [1.807, 2.05) is 20.8 Å². The van der Waals surface area contributed by atoms with E-state index in [2.05, 4.69) is 15.8 Å². The fourth-order valence-corrected chi connectivity index (χ4v) is 4.39. The lowest BCUT2D eigenvalue weighted by atomic mass is 9.97. The molecule has 2 aromatic carbocycles. The highest BCUT2D eigenvalue weighted by Crippen LogP contribution is 2.43. The molecule has 0 saturated carbocycles. The zero-order valence-electron chi connectivity index (χ0n) is 25.9. The smallest absolute Gasteiger partial charge is 0.248 e. The number of benzene rings is 2. The number of para-hydroxylation sites is 1. The van der Waals surface area contributed by atoms with Gasteiger partial charge in [0.25, 0.3) is 0 Å². The Morgan fingerprint density at radius 2 is 1.67 bits per heavy atom. The van der Waals surface area contributed by atoms with Crippen molar-refractivity contribution in [2.24, 2.45) is 0 Å². The minimum absolute atomic E-state index is 0.197. The normalized spacial score (nSPS) is 11.7. The quantitative estimate of drug-likeness (QED) is 0.268. The number of ether oxygens (including phenoxy) is 4. The highest BCUT2D eigenvalue weighted by atomic mass is 16.5. The van der Waals surface area contributed by atoms with Crippen LogP contribution in [0.3, 0.4) is 0 Å². The predicted octanol–water partition coefficient (Wildman–Crippen LogP) is 4.82. The Labute approximate surface area is 251 Å². The van der Waals surface area contributed by atoms with Crippen molar-refractivity contribution in [1.29, 1.82) is 0 Å². The summed E-state index contributed by atoms with van der Waals surface area (Å²) in [4.78, 5) is 42.6. The average Bonchev–Trinajstić information content (AvgIpc) is 3.41. The van der Waals surface area contributed by atoms with E-state index >= 15 is 0 Å². The van der Waals surface area contributed by atoms with Crippen molar-refractivity contribution in [3.05, 3.63) is 53.8 Å². The van der Waals surface area contributed by atoms with Gasteiger partial charge in [0, 0.05) is 36.1 Å². The summed E-state index contributed by atoms with van der Waals surface area (Å²) in [5.74, 6) is 0.700. The summed E-state index contributed by atoms with van der Waals surface area (Å²) in [5, 5.41) is 9.45. The van der Waals surface area contributed by atoms with E-state index in [-0.39, 0.29) is 30.1 Å². The van der Waals surface area contributed by atoms with E-state index in [4.69, 9.17) is 23.5 Å². The maximum atomic E-state index is 14.3. The molecule has 12 nitrogen and oxygen atoms in total. The highest BCUT2D eigenvalue weighted by molar-refractivity contribution is 6.04. The van der Waals surface area contributed by atoms with Crippen LogP contribution in [0, 0.1) is 6.92 Å². The number of hydrogen-bond acceptors (Lipinski definition) is 9. The van der Waals surface area contributed by atoms with Crippen molar-refractivity contribution < 1.29 is 37.9 Å². The zero-order chi connectivity index (χ0) is 31.7. The van der Waals surface area contributed by atoms with Gasteiger partial charge < -0.3 is 34.1 Å². The predicted molar refractivity (Wildman–Crippen MR) is 161 cm³/mol. The summed E-state index contributed by atoms with van der Waals surface area (Å²) in [6, 6.07) is 10.3. The van der Waals surface area contributed by atoms with Crippen LogP contribution in [-0.2, 0) is 14.4 Å². The van der Waals surface area contributed by atoms with Crippen LogP contribution in [0.1, 0.15) is 57.4 Å². The topological polar surface area (TPSA) is 141 Å². The number of nitrogens with one attached hydrogen (secondary N) is 2. The van der Waals surface area contributed by atoms with Gasteiger partial charge in [-0.1, -0.05) is 24.2 Å². The molecule has 0 aliphatic heterocycles. The van der Waals surface area contributed by atoms with Crippen LogP contribution in [0.4, 0.5) is 11.5 Å². The van der Waals surface area contributed by atoms with E-state index in [1.165, 1.54) is 33.3 Å². The zero-order valence-corrected chi connectivity index (χ0v) is 25.9. The van der Waals surface area contributed by atoms with Gasteiger partial charge in [0.2, 0.25) is 17.7 Å². The van der Waals surface area contributed by atoms with Crippen LogP contribution in [0.2, 0.25) is 0 Å². The molecule has 0 radical (unpaired) electrons. The molecule has 3 amide bonds. The molecule has 1 heterocycles. The molecule has 0 aliphatic rings. The average molecular weight is 597 g/mol. The second-order valence-electron chi connectivity index (χ2n) is 10.4. The van der Waals surface area contributed by atoms with Crippen molar-refractivity contribution in [3.63, 3.8) is 0 Å². The van der Waals surface area contributed by atoms with Crippen LogP contribution >= 0.6 is 0 Å². The highest BCUT2D eigenvalue weighted by Gasteiger charge is 2.39. The maximum Gasteiger partial charge on any atom is 0.248 e. The van der Waals surface area contributed by atoms with Gasteiger partial charge in [-0.2, -0.15) is 0 Å². The van der Waals surface area contributed by atoms with Crippen LogP contribution in [0.15, 0.2) is 47.0 Å². The lowest BCUT2D eigenvalue weighted by molar-refractivity contribution is -0.128. The summed E-state index contributed by atoms with van der Waals surface area (Å²) < 4.78 is 27.3. The fourth-order valence-electron chi connectivity index (χ4n) is 4.39. The van der Waals surface area contributed by atoms with Gasteiger partial charge in [-0.25, -0.2) is 0 Å². The Bertz CT molecular complexity index is 1430. The number of rotatable bonds is 14. The molecule has 0 fully saturated rings. The van der Waals surface area contributed by atoms with Crippen molar-refractivity contribution >= 4 is 29.2 Å². The summed E-state index contributed by atoms with van der Waals surface area (Å²) in [6.07, 6.45) is 0.173. The molecule has 3 rings (SSSR count). The van der Waals surface area contributed by atoms with Crippen LogP contribution < -0.4 is 34.5 Å². The number of carbonyl (C=O) groups excluding carboxylic acids is 3. The van der Waals surface area contributed by atoms with Crippen LogP contribution in [-0.4, -0.2) is 56.9 Å². The fraction of sp³-hybridized carbons (Fsp3) is 0.419. The Morgan fingerprint density at radius 3 is 2.26 bits per heavy atom. The molecule has 3 aromatic rings. The van der Waals surface area contributed by atoms with Gasteiger partial charge in [-0.05, 0) is 45.4 Å². The second-order valence-corrected chi connectivity index (χ2v) is 10.4. The van der Waals surface area contributed by atoms with Gasteiger partial charge in [0.1, 0.15) is 23.3 Å². The molecule has 0 saturated heterocycles. The molecule has 0 unspecified atom stereocenters. The SMILES string of the molecule is CCC(C)(C)NC(=O)[C@H](c1cccc(OC)c1OC)N(C(=O)CCC(=O)Nc1cc(C)on1)c1cc(OC)ccc1OC. The Hall–Kier alpha value is -4.74. The molecule has 2 N–H and O–H groups in total. The summed E-state index contributed by atoms with van der Waals surface area (Å²) in [7, 11) is 5.90. The van der Waals surface area contributed by atoms with E-state index in [0.29, 0.717) is 35.0 Å². The number of methoxy groups -OCH3 is 4. The Balaban J connectivity index is 2.18. The molecule has 1 atom stereocenters. The van der Waals surface area contributed by atoms with Crippen molar-refractivity contribution in [2.45, 2.75) is 58.5 Å². The first-order chi connectivity index (χ1) is 20.5. The van der Waals surface area contributed by atoms with Crippen molar-refractivity contribution in [1.82, 2.24) is 10.5 Å². The second kappa shape index (κ2) is 14.4. The maximum absolute atomic E-state index is 14.3. The van der Waals surface area contributed by atoms with E-state index < -0.39 is 29.3 Å². The molecule has 0 aliphatic carbocycles. The third-order valence-corrected chi connectivity index (χ3v) is 6.96. The standard InChI is InChI=1S/C31H40N4O8/c1-9-31(3,4)33-30(38)28(21-11-10-12-24(41-7)29(21)42-8)35(22-18-20(39-5)13-14-23(22)40-6)27(37)16-15-26(36)32-25-17-19(2)43-34-25/h10-14,17-18,28H,9,15-16H2,1-8H3,(H,33,38)(H,32,34,36)/t28-/m0/s1. The third kappa shape index (κ3) is 7.97. The van der Waals surface area contributed by atoms with Gasteiger partial charge >= 0.3 is 0 Å². The minimum atomic E-state index is -1.26. The number of amides is 3. The van der Waals surface area contributed by atoms with Gasteiger partial charge in [-0.3, -0.25) is 19.3 Å². The van der Waals surface area contributed by atoms with Gasteiger partial charge in [-0.15, -0.1) is 0 Å². The first-order valence-electron chi connectivity index (χ1n) is 13.8. The number of hydrogen-bond donors (Lipinski definition) is 2. The number of aryl methyl sites for hydroxylation is 1. The minimum Gasteiger partial charge on any atom is -0.497 e. The molecule has 0 spiro atoms. The lowest BCUT2D eigenvalue weighted by Crippen LogP contribution is -2.50. The summed E-state index contributed by atoms with van der Waals surface area (Å²) in [5.41, 5.74) is 0.0234. The first kappa shape index (κ1) is 32.8. The number of carbonyl (C=O) groups is 3. The van der Waals surface area contributed by atoms with Gasteiger partial charge in [0.05, 0.1) is 34.1 Å². The largest absolute Gasteiger partial charge is 0.497 e. The Morgan fingerprint density at radius 1 is 0.953 bits per heavy atom. The first-order valence-corrected chi connectivity index (χ1v) is 13.8. The molecule has 12 heteroatoms. The Kier molecular flexibility index (Phi) is 11.0. The summed E-state index contributed by atoms with van der Waals surface area (Å²) >= 11 is 0. The molecule has 0 bridgehead atoms. The van der Waals surface area contributed by atoms with Gasteiger partial charge in [0.15, 0.2) is 17.3 Å².